The average molecular weight is 441 g/mol. The highest BCUT2D eigenvalue weighted by Gasteiger charge is 2.09. The molecule has 168 valence electrons. The first-order valence-corrected chi connectivity index (χ1v) is 11.2. The number of aromatic carboxylic acids is 1. The van der Waals surface area contributed by atoms with E-state index in [0.717, 1.165) is 25.7 Å². The van der Waals surface area contributed by atoms with Crippen LogP contribution in [0.3, 0.4) is 0 Å². The van der Waals surface area contributed by atoms with E-state index in [1.807, 2.05) is 13.8 Å². The van der Waals surface area contributed by atoms with Crippen LogP contribution < -0.4 is 0 Å². The number of benzene rings is 2. The number of aliphatic hydroxyl groups is 2. The van der Waals surface area contributed by atoms with E-state index in [-0.39, 0.29) is 17.1 Å². The minimum absolute atomic E-state index is 0.0741. The van der Waals surface area contributed by atoms with Gasteiger partial charge in [0.25, 0.3) is 10.1 Å². The molecule has 2 unspecified atom stereocenters. The molecule has 0 aliphatic carbocycles. The van der Waals surface area contributed by atoms with E-state index >= 15 is 0 Å². The van der Waals surface area contributed by atoms with Crippen molar-refractivity contribution >= 4 is 16.1 Å². The predicted octanol–water partition coefficient (Wildman–Crippen LogP) is 4.02. The fraction of sp³-hybridized carbons (Fsp3) is 0.409. The average Bonchev–Trinajstić information content (AvgIpc) is 2.70. The maximum atomic E-state index is 10.4. The van der Waals surface area contributed by atoms with Gasteiger partial charge in [-0.2, -0.15) is 8.42 Å². The van der Waals surface area contributed by atoms with Crippen LogP contribution in [0.1, 0.15) is 56.3 Å². The molecule has 30 heavy (non-hydrogen) atoms. The van der Waals surface area contributed by atoms with Crippen molar-refractivity contribution in [1.82, 2.24) is 0 Å². The third-order valence-corrected chi connectivity index (χ3v) is 4.72. The Labute approximate surface area is 178 Å². The molecule has 0 aliphatic heterocycles. The summed E-state index contributed by atoms with van der Waals surface area (Å²) in [5.41, 5.74) is 0.331. The summed E-state index contributed by atoms with van der Waals surface area (Å²) in [4.78, 5) is 10.1. The molecule has 0 radical (unpaired) electrons. The second kappa shape index (κ2) is 15.6. The van der Waals surface area contributed by atoms with Gasteiger partial charge in [-0.15, -0.1) is 0 Å². The predicted molar refractivity (Wildman–Crippen MR) is 116 cm³/mol. The Hall–Kier alpha value is -2.26. The van der Waals surface area contributed by atoms with Crippen LogP contribution >= 0.6 is 0 Å². The molecule has 0 bridgehead atoms. The molecule has 2 aromatic carbocycles. The zero-order valence-electron chi connectivity index (χ0n) is 17.4. The molecule has 0 saturated heterocycles. The monoisotopic (exact) mass is 440 g/mol. The van der Waals surface area contributed by atoms with Gasteiger partial charge in [-0.3, -0.25) is 4.55 Å². The Balaban J connectivity index is 0.000000422. The van der Waals surface area contributed by atoms with Crippen molar-refractivity contribution < 1.29 is 33.1 Å². The third-order valence-electron chi connectivity index (χ3n) is 3.85. The number of carbonyl (C=O) groups is 1. The maximum Gasteiger partial charge on any atom is 0.335 e. The molecule has 4 N–H and O–H groups in total. The lowest BCUT2D eigenvalue weighted by Gasteiger charge is -2.13. The fourth-order valence-electron chi connectivity index (χ4n) is 2.39. The lowest BCUT2D eigenvalue weighted by Crippen LogP contribution is -2.16. The lowest BCUT2D eigenvalue weighted by molar-refractivity contribution is 0.0691. The van der Waals surface area contributed by atoms with Crippen LogP contribution in [0.4, 0.5) is 0 Å². The first kappa shape index (κ1) is 27.7. The van der Waals surface area contributed by atoms with E-state index in [1.54, 1.807) is 48.5 Å². The largest absolute Gasteiger partial charge is 0.478 e. The summed E-state index contributed by atoms with van der Waals surface area (Å²) in [5, 5.41) is 27.0. The van der Waals surface area contributed by atoms with Crippen LogP contribution in [0, 0.1) is 0 Å². The van der Waals surface area contributed by atoms with Gasteiger partial charge in [0.2, 0.25) is 0 Å². The number of aliphatic hydroxyl groups excluding tert-OH is 2. The van der Waals surface area contributed by atoms with Crippen molar-refractivity contribution in [3.8, 4) is 0 Å². The van der Waals surface area contributed by atoms with Gasteiger partial charge in [0.1, 0.15) is 0 Å². The van der Waals surface area contributed by atoms with Crippen molar-refractivity contribution in [2.24, 2.45) is 0 Å². The Kier molecular flexibility index (Phi) is 14.4. The highest BCUT2D eigenvalue weighted by atomic mass is 32.2. The molecule has 0 saturated carbocycles. The van der Waals surface area contributed by atoms with Gasteiger partial charge in [0.05, 0.1) is 22.7 Å². The zero-order chi connectivity index (χ0) is 23.0. The van der Waals surface area contributed by atoms with Crippen LogP contribution in [0.25, 0.3) is 0 Å². The van der Waals surface area contributed by atoms with E-state index in [4.69, 9.17) is 9.66 Å². The van der Waals surface area contributed by atoms with Gasteiger partial charge in [-0.1, -0.05) is 63.1 Å². The van der Waals surface area contributed by atoms with E-state index in [0.29, 0.717) is 12.0 Å². The smallest absolute Gasteiger partial charge is 0.335 e. The molecule has 0 fully saturated rings. The minimum Gasteiger partial charge on any atom is -0.478 e. The van der Waals surface area contributed by atoms with Gasteiger partial charge in [0.15, 0.2) is 0 Å². The van der Waals surface area contributed by atoms with E-state index < -0.39 is 16.1 Å². The number of carboxylic acid groups (broad SMARTS) is 1. The van der Waals surface area contributed by atoms with E-state index in [2.05, 4.69) is 0 Å². The Morgan fingerprint density at radius 3 is 1.50 bits per heavy atom. The van der Waals surface area contributed by atoms with E-state index in [1.165, 1.54) is 12.1 Å². The summed E-state index contributed by atoms with van der Waals surface area (Å²) in [6.07, 6.45) is 3.52. The third kappa shape index (κ3) is 13.8. The highest BCUT2D eigenvalue weighted by Crippen LogP contribution is 2.08. The van der Waals surface area contributed by atoms with Crippen molar-refractivity contribution in [3.63, 3.8) is 0 Å². The molecule has 2 aromatic rings. The van der Waals surface area contributed by atoms with Crippen LogP contribution in [0.15, 0.2) is 65.6 Å². The second-order valence-electron chi connectivity index (χ2n) is 6.58. The number of hydrogen-bond donors (Lipinski definition) is 4. The van der Waals surface area contributed by atoms with Gasteiger partial charge in [-0.25, -0.2) is 4.79 Å². The van der Waals surface area contributed by atoms with Gasteiger partial charge < -0.3 is 15.3 Å². The quantitative estimate of drug-likeness (QED) is 0.456. The minimum atomic E-state index is -4.00. The van der Waals surface area contributed by atoms with Crippen molar-refractivity contribution in [2.45, 2.75) is 63.1 Å². The maximum absolute atomic E-state index is 10.4. The number of rotatable bonds is 8. The molecule has 0 aliphatic rings. The SMILES string of the molecule is CCCC(O)CC(O)CCC.O=C(O)c1ccccc1.O=S(=O)(O)c1ccccc1. The Bertz CT molecular complexity index is 783. The molecule has 0 amide bonds. The lowest BCUT2D eigenvalue weighted by atomic mass is 10.0. The standard InChI is InChI=1S/C9H20O2.C7H6O2.C6H6O3S/c1-3-5-8(10)7-9(11)6-4-2;8-7(9)6-4-2-1-3-5-6;7-10(8,9)6-4-2-1-3-5-6/h8-11H,3-7H2,1-2H3;1-5H,(H,8,9);1-5H,(H,7,8,9). The first-order valence-electron chi connectivity index (χ1n) is 9.78. The summed E-state index contributed by atoms with van der Waals surface area (Å²) < 4.78 is 29.2. The Morgan fingerprint density at radius 2 is 1.23 bits per heavy atom. The Morgan fingerprint density at radius 1 is 0.833 bits per heavy atom. The van der Waals surface area contributed by atoms with Crippen molar-refractivity contribution in [3.05, 3.63) is 66.2 Å². The van der Waals surface area contributed by atoms with Gasteiger partial charge in [0, 0.05) is 0 Å². The molecule has 0 spiro atoms. The topological polar surface area (TPSA) is 132 Å². The van der Waals surface area contributed by atoms with Crippen LogP contribution in [-0.2, 0) is 10.1 Å². The summed E-state index contributed by atoms with van der Waals surface area (Å²) in [5.74, 6) is -0.879. The van der Waals surface area contributed by atoms with Crippen LogP contribution in [-0.4, -0.2) is 46.5 Å². The summed E-state index contributed by atoms with van der Waals surface area (Å²) in [6.45, 7) is 4.07. The van der Waals surface area contributed by atoms with Gasteiger partial charge >= 0.3 is 5.97 Å². The molecule has 2 rings (SSSR count). The normalized spacial score (nSPS) is 12.4. The molecule has 0 heterocycles. The zero-order valence-corrected chi connectivity index (χ0v) is 18.2. The van der Waals surface area contributed by atoms with E-state index in [9.17, 15) is 23.4 Å². The molecule has 7 nitrogen and oxygen atoms in total. The van der Waals surface area contributed by atoms with Crippen LogP contribution in [0.2, 0.25) is 0 Å². The second-order valence-corrected chi connectivity index (χ2v) is 8.00. The molecular weight excluding hydrogens is 408 g/mol. The molecular formula is C22H32O7S. The molecule has 8 heteroatoms. The molecule has 0 aromatic heterocycles. The highest BCUT2D eigenvalue weighted by molar-refractivity contribution is 7.85. The summed E-state index contributed by atoms with van der Waals surface area (Å²) >= 11 is 0. The van der Waals surface area contributed by atoms with Crippen molar-refractivity contribution in [2.75, 3.05) is 0 Å². The number of hydrogen-bond acceptors (Lipinski definition) is 5. The molecule has 2 atom stereocenters. The fourth-order valence-corrected chi connectivity index (χ4v) is 2.89. The summed E-state index contributed by atoms with van der Waals surface area (Å²) in [6, 6.07) is 15.7. The van der Waals surface area contributed by atoms with Crippen molar-refractivity contribution in [1.29, 1.82) is 0 Å². The number of carboxylic acids is 1. The summed E-state index contributed by atoms with van der Waals surface area (Å²) in [7, 11) is -4.00. The van der Waals surface area contributed by atoms with Crippen LogP contribution in [0.5, 0.6) is 0 Å². The first-order chi connectivity index (χ1) is 14.1. The van der Waals surface area contributed by atoms with Gasteiger partial charge in [-0.05, 0) is 43.5 Å².